The highest BCUT2D eigenvalue weighted by Crippen LogP contribution is 2.39. The lowest BCUT2D eigenvalue weighted by Crippen LogP contribution is -2.48. The van der Waals surface area contributed by atoms with E-state index in [4.69, 9.17) is 0 Å². The largest absolute Gasteiger partial charge is 0.343 e. The lowest BCUT2D eigenvalue weighted by Gasteiger charge is -2.26. The van der Waals surface area contributed by atoms with Crippen LogP contribution in [0, 0.1) is 6.92 Å². The van der Waals surface area contributed by atoms with E-state index in [9.17, 15) is 30.7 Å². The summed E-state index contributed by atoms with van der Waals surface area (Å²) in [7, 11) is 0. The van der Waals surface area contributed by atoms with E-state index >= 15 is 0 Å². The molecule has 0 aromatic rings. The molecule has 0 heterocycles. The molecule has 7 heteroatoms. The van der Waals surface area contributed by atoms with Gasteiger partial charge in [0.25, 0.3) is 5.92 Å². The van der Waals surface area contributed by atoms with Crippen LogP contribution in [-0.4, -0.2) is 24.4 Å². The topological polar surface area (TPSA) is 0 Å². The summed E-state index contributed by atoms with van der Waals surface area (Å²) < 4.78 is 84.5. The van der Waals surface area contributed by atoms with Crippen LogP contribution in [0.5, 0.6) is 0 Å². The minimum atomic E-state index is -5.33. The van der Waals surface area contributed by atoms with Crippen LogP contribution < -0.4 is 0 Å². The number of hydrogen-bond acceptors (Lipinski definition) is 0. The second-order valence-corrected chi connectivity index (χ2v) is 2.70. The summed E-state index contributed by atoms with van der Waals surface area (Å²) in [6.07, 6.45) is -10.5. The molecule has 0 aromatic heterocycles. The van der Waals surface area contributed by atoms with Gasteiger partial charge in [0.1, 0.15) is 0 Å². The van der Waals surface area contributed by atoms with E-state index in [2.05, 4.69) is 6.92 Å². The molecule has 1 atom stereocenters. The molecule has 0 nitrogen and oxygen atoms in total. The van der Waals surface area contributed by atoms with Crippen LogP contribution in [0.25, 0.3) is 0 Å². The average molecular weight is 225 g/mol. The number of rotatable bonds is 5. The molecule has 0 fully saturated rings. The molecule has 0 aliphatic heterocycles. The van der Waals surface area contributed by atoms with E-state index < -0.39 is 37.3 Å². The standard InChI is InChI=1S/C7H8F7/c1-2-3-6(11,12)4(8)7(13,14)5(9)10/h4-5H,1-3H2/t4-/m0/s1. The Morgan fingerprint density at radius 2 is 1.43 bits per heavy atom. The van der Waals surface area contributed by atoms with Gasteiger partial charge in [-0.15, -0.1) is 0 Å². The van der Waals surface area contributed by atoms with Crippen LogP contribution in [0.2, 0.25) is 0 Å². The van der Waals surface area contributed by atoms with Crippen molar-refractivity contribution in [2.24, 2.45) is 0 Å². The van der Waals surface area contributed by atoms with Gasteiger partial charge in [0, 0.05) is 6.42 Å². The second-order valence-electron chi connectivity index (χ2n) is 2.70. The van der Waals surface area contributed by atoms with Crippen molar-refractivity contribution in [1.29, 1.82) is 0 Å². The summed E-state index contributed by atoms with van der Waals surface area (Å²) in [5.41, 5.74) is 0. The van der Waals surface area contributed by atoms with E-state index in [-0.39, 0.29) is 0 Å². The third kappa shape index (κ3) is 2.75. The zero-order valence-electron chi connectivity index (χ0n) is 6.92. The zero-order chi connectivity index (χ0) is 11.6. The number of hydrogen-bond donors (Lipinski definition) is 0. The quantitative estimate of drug-likeness (QED) is 0.628. The van der Waals surface area contributed by atoms with Gasteiger partial charge in [-0.05, 0) is 6.42 Å². The zero-order valence-corrected chi connectivity index (χ0v) is 6.92. The molecule has 0 amide bonds. The molecule has 0 unspecified atom stereocenters. The van der Waals surface area contributed by atoms with Crippen molar-refractivity contribution in [2.75, 3.05) is 0 Å². The Morgan fingerprint density at radius 1 is 1.00 bits per heavy atom. The number of halogens is 7. The Balaban J connectivity index is 4.66. The Labute approximate surface area is 76.1 Å². The Kier molecular flexibility index (Phi) is 4.20. The SMILES string of the molecule is [CH2]CCC(F)(F)[C@H](F)C(F)(F)C(F)F. The Morgan fingerprint density at radius 3 is 1.71 bits per heavy atom. The van der Waals surface area contributed by atoms with Gasteiger partial charge in [0.15, 0.2) is 0 Å². The van der Waals surface area contributed by atoms with Gasteiger partial charge < -0.3 is 0 Å². The highest BCUT2D eigenvalue weighted by molar-refractivity contribution is 4.90. The van der Waals surface area contributed by atoms with E-state index in [0.29, 0.717) is 0 Å². The first-order chi connectivity index (χ1) is 6.16. The molecule has 0 bridgehead atoms. The fraction of sp³-hybridized carbons (Fsp3) is 0.857. The molecular formula is C7H8F7. The predicted molar refractivity (Wildman–Crippen MR) is 35.4 cm³/mol. The Hall–Kier alpha value is -0.490. The van der Waals surface area contributed by atoms with Crippen molar-refractivity contribution >= 4 is 0 Å². The summed E-state index contributed by atoms with van der Waals surface area (Å²) in [5.74, 6) is -9.82. The van der Waals surface area contributed by atoms with E-state index in [1.165, 1.54) is 0 Å². The van der Waals surface area contributed by atoms with Gasteiger partial charge in [0.2, 0.25) is 6.17 Å². The fourth-order valence-electron chi connectivity index (χ4n) is 0.755. The normalized spacial score (nSPS) is 16.1. The maximum Gasteiger partial charge on any atom is 0.343 e. The van der Waals surface area contributed by atoms with Gasteiger partial charge >= 0.3 is 12.3 Å². The van der Waals surface area contributed by atoms with Crippen molar-refractivity contribution in [1.82, 2.24) is 0 Å². The first-order valence-electron chi connectivity index (χ1n) is 3.63. The molecule has 0 saturated heterocycles. The maximum atomic E-state index is 12.4. The summed E-state index contributed by atoms with van der Waals surface area (Å²) in [6, 6.07) is 0. The van der Waals surface area contributed by atoms with Crippen molar-refractivity contribution in [2.45, 2.75) is 37.3 Å². The Bertz CT molecular complexity index is 177. The molecule has 0 aliphatic rings. The second kappa shape index (κ2) is 4.35. The monoisotopic (exact) mass is 225 g/mol. The van der Waals surface area contributed by atoms with Crippen LogP contribution in [0.3, 0.4) is 0 Å². The molecule has 0 rings (SSSR count). The third-order valence-corrected chi connectivity index (χ3v) is 1.51. The first kappa shape index (κ1) is 13.5. The van der Waals surface area contributed by atoms with E-state index in [0.717, 1.165) is 0 Å². The minimum absolute atomic E-state index is 0.521. The van der Waals surface area contributed by atoms with Gasteiger partial charge in [-0.1, -0.05) is 6.92 Å². The summed E-state index contributed by atoms with van der Waals surface area (Å²) in [6.45, 7) is 2.90. The lowest BCUT2D eigenvalue weighted by molar-refractivity contribution is -0.232. The summed E-state index contributed by atoms with van der Waals surface area (Å²) in [5, 5.41) is 0. The van der Waals surface area contributed by atoms with Crippen LogP contribution in [0.1, 0.15) is 12.8 Å². The number of alkyl halides is 7. The molecule has 1 radical (unpaired) electrons. The van der Waals surface area contributed by atoms with Gasteiger partial charge in [0.05, 0.1) is 0 Å². The fourth-order valence-corrected chi connectivity index (χ4v) is 0.755. The molecular weight excluding hydrogens is 217 g/mol. The van der Waals surface area contributed by atoms with Gasteiger partial charge in [-0.25, -0.2) is 22.0 Å². The van der Waals surface area contributed by atoms with Crippen LogP contribution >= 0.6 is 0 Å². The molecule has 0 N–H and O–H groups in total. The van der Waals surface area contributed by atoms with Crippen LogP contribution in [-0.2, 0) is 0 Å². The molecule has 0 aromatic carbocycles. The molecule has 0 spiro atoms. The van der Waals surface area contributed by atoms with E-state index in [1.54, 1.807) is 0 Å². The molecule has 0 aliphatic carbocycles. The smallest absolute Gasteiger partial charge is 0.234 e. The van der Waals surface area contributed by atoms with Crippen molar-refractivity contribution in [3.8, 4) is 0 Å². The summed E-state index contributed by atoms with van der Waals surface area (Å²) in [4.78, 5) is 0. The first-order valence-corrected chi connectivity index (χ1v) is 3.63. The summed E-state index contributed by atoms with van der Waals surface area (Å²) >= 11 is 0. The van der Waals surface area contributed by atoms with Crippen molar-refractivity contribution in [3.05, 3.63) is 6.92 Å². The van der Waals surface area contributed by atoms with Gasteiger partial charge in [-0.2, -0.15) is 8.78 Å². The van der Waals surface area contributed by atoms with Crippen molar-refractivity contribution < 1.29 is 30.7 Å². The average Bonchev–Trinajstić information content (AvgIpc) is 2.02. The third-order valence-electron chi connectivity index (χ3n) is 1.51. The van der Waals surface area contributed by atoms with Crippen LogP contribution in [0.4, 0.5) is 30.7 Å². The minimum Gasteiger partial charge on any atom is -0.234 e. The highest BCUT2D eigenvalue weighted by atomic mass is 19.3. The highest BCUT2D eigenvalue weighted by Gasteiger charge is 2.60. The van der Waals surface area contributed by atoms with Crippen molar-refractivity contribution in [3.63, 3.8) is 0 Å². The van der Waals surface area contributed by atoms with E-state index in [1.807, 2.05) is 0 Å². The van der Waals surface area contributed by atoms with Gasteiger partial charge in [-0.3, -0.25) is 0 Å². The lowest BCUT2D eigenvalue weighted by atomic mass is 10.0. The molecule has 0 saturated carbocycles. The maximum absolute atomic E-state index is 12.4. The predicted octanol–water partition coefficient (Wildman–Crippen LogP) is 3.47. The molecule has 14 heavy (non-hydrogen) atoms. The molecule has 85 valence electrons. The van der Waals surface area contributed by atoms with Crippen LogP contribution in [0.15, 0.2) is 0 Å².